The van der Waals surface area contributed by atoms with Crippen LogP contribution in [0.4, 0.5) is 0 Å². The van der Waals surface area contributed by atoms with Gasteiger partial charge in [0.25, 0.3) is 0 Å². The molecule has 15 heteroatoms. The minimum Gasteiger partial charge on any atom is -0.478 e. The molecule has 0 aromatic rings. The Balaban J connectivity index is 0. The molecular formula is C32H40O15. The van der Waals surface area contributed by atoms with Crippen molar-refractivity contribution < 1.29 is 71.8 Å². The van der Waals surface area contributed by atoms with Gasteiger partial charge in [0.2, 0.25) is 0 Å². The largest absolute Gasteiger partial charge is 0.478 e. The first-order chi connectivity index (χ1) is 22.1. The number of carboxylic acid groups (broad SMARTS) is 1. The minimum absolute atomic E-state index is 0.176. The van der Waals surface area contributed by atoms with Gasteiger partial charge in [0, 0.05) is 42.0 Å². The molecule has 0 aromatic heterocycles. The number of carbonyl (C=O) groups excluding carboxylic acids is 6. The molecular weight excluding hydrogens is 624 g/mol. The third-order valence-electron chi connectivity index (χ3n) is 5.31. The first kappa shape index (κ1) is 43.6. The Morgan fingerprint density at radius 1 is 0.468 bits per heavy atom. The van der Waals surface area contributed by atoms with E-state index in [-0.39, 0.29) is 5.57 Å². The van der Waals surface area contributed by atoms with Crippen molar-refractivity contribution >= 4 is 41.8 Å². The maximum Gasteiger partial charge on any atom is 0.330 e. The Morgan fingerprint density at radius 3 is 0.766 bits per heavy atom. The Bertz CT molecular complexity index is 999. The van der Waals surface area contributed by atoms with Crippen LogP contribution in [0.25, 0.3) is 0 Å². The van der Waals surface area contributed by atoms with E-state index in [1.165, 1.54) is 6.92 Å². The second kappa shape index (κ2) is 23.8. The first-order valence-corrected chi connectivity index (χ1v) is 13.3. The van der Waals surface area contributed by atoms with Crippen LogP contribution in [-0.4, -0.2) is 99.7 Å². The SMILES string of the molecule is C=C(C)C(=O)O.C=CC(=O)OCC(COCC(COC(=O)C=C)(COC(=O)C=C)COC(=O)C=C)(COC(=O)C=C)COC(=O)C=C. The van der Waals surface area contributed by atoms with E-state index in [2.05, 4.69) is 46.1 Å². The van der Waals surface area contributed by atoms with Crippen LogP contribution >= 0.6 is 0 Å². The van der Waals surface area contributed by atoms with Gasteiger partial charge in [-0.1, -0.05) is 46.1 Å². The van der Waals surface area contributed by atoms with Gasteiger partial charge in [-0.2, -0.15) is 0 Å². The van der Waals surface area contributed by atoms with Crippen molar-refractivity contribution in [2.45, 2.75) is 6.92 Å². The molecule has 0 rings (SSSR count). The molecule has 0 unspecified atom stereocenters. The standard InChI is InChI=1S/C28H34O13.C4H6O2/c1-7-21(29)36-15-27(16-37-22(30)8-2,17-38-23(31)9-3)13-35-14-28(18-39-24(32)10-4,19-40-25(33)11-5)20-41-26(34)12-6;1-3(2)4(5)6/h7-12H,1-6,13-20H2;1H2,2H3,(H,5,6). The van der Waals surface area contributed by atoms with E-state index in [4.69, 9.17) is 38.3 Å². The number of aliphatic carboxylic acids is 1. The molecule has 0 heterocycles. The van der Waals surface area contributed by atoms with E-state index < -0.39 is 105 Å². The molecule has 1 N–H and O–H groups in total. The van der Waals surface area contributed by atoms with Crippen molar-refractivity contribution in [3.05, 3.63) is 88.1 Å². The van der Waals surface area contributed by atoms with Crippen molar-refractivity contribution in [1.82, 2.24) is 0 Å². The monoisotopic (exact) mass is 664 g/mol. The lowest BCUT2D eigenvalue weighted by Gasteiger charge is -2.35. The number of carboxylic acids is 1. The predicted octanol–water partition coefficient (Wildman–Crippen LogP) is 2.00. The lowest BCUT2D eigenvalue weighted by molar-refractivity contribution is -0.169. The van der Waals surface area contributed by atoms with Crippen LogP contribution in [0.5, 0.6) is 0 Å². The number of esters is 6. The molecule has 0 aliphatic carbocycles. The van der Waals surface area contributed by atoms with Crippen LogP contribution < -0.4 is 0 Å². The normalized spacial score (nSPS) is 10.1. The molecule has 0 saturated heterocycles. The van der Waals surface area contributed by atoms with Gasteiger partial charge in [0.15, 0.2) is 0 Å². The van der Waals surface area contributed by atoms with Crippen molar-refractivity contribution in [3.63, 3.8) is 0 Å². The lowest BCUT2D eigenvalue weighted by Crippen LogP contribution is -2.47. The molecule has 0 bridgehead atoms. The molecule has 0 amide bonds. The van der Waals surface area contributed by atoms with Crippen LogP contribution in [0.2, 0.25) is 0 Å². The highest BCUT2D eigenvalue weighted by Crippen LogP contribution is 2.26. The zero-order valence-corrected chi connectivity index (χ0v) is 26.2. The van der Waals surface area contributed by atoms with Gasteiger partial charge < -0.3 is 38.3 Å². The third-order valence-corrected chi connectivity index (χ3v) is 5.31. The van der Waals surface area contributed by atoms with Gasteiger partial charge in [0.1, 0.15) is 39.6 Å². The number of hydrogen-bond donors (Lipinski definition) is 1. The van der Waals surface area contributed by atoms with Crippen molar-refractivity contribution in [2.75, 3.05) is 52.9 Å². The van der Waals surface area contributed by atoms with Gasteiger partial charge in [-0.25, -0.2) is 33.6 Å². The number of hydrogen-bond acceptors (Lipinski definition) is 14. The van der Waals surface area contributed by atoms with E-state index in [1.807, 2.05) is 0 Å². The van der Waals surface area contributed by atoms with E-state index >= 15 is 0 Å². The molecule has 0 radical (unpaired) electrons. The lowest BCUT2D eigenvalue weighted by atomic mass is 9.90. The average Bonchev–Trinajstić information content (AvgIpc) is 3.07. The maximum atomic E-state index is 11.8. The molecule has 0 aliphatic rings. The fraction of sp³-hybridized carbons (Fsp3) is 0.344. The first-order valence-electron chi connectivity index (χ1n) is 13.3. The van der Waals surface area contributed by atoms with Gasteiger partial charge in [-0.05, 0) is 6.92 Å². The topological polar surface area (TPSA) is 204 Å². The summed E-state index contributed by atoms with van der Waals surface area (Å²) in [6.07, 6.45) is 5.32. The summed E-state index contributed by atoms with van der Waals surface area (Å²) in [6, 6.07) is 0. The molecule has 47 heavy (non-hydrogen) atoms. The van der Waals surface area contributed by atoms with Crippen molar-refractivity contribution in [3.8, 4) is 0 Å². The zero-order chi connectivity index (χ0) is 36.5. The highest BCUT2D eigenvalue weighted by Gasteiger charge is 2.40. The minimum atomic E-state index is -1.49. The quantitative estimate of drug-likeness (QED) is 0.0942. The summed E-state index contributed by atoms with van der Waals surface area (Å²) in [5.74, 6) is -5.95. The summed E-state index contributed by atoms with van der Waals surface area (Å²) < 4.78 is 36.7. The fourth-order valence-electron chi connectivity index (χ4n) is 2.68. The van der Waals surface area contributed by atoms with Crippen molar-refractivity contribution in [2.24, 2.45) is 10.8 Å². The molecule has 0 aliphatic heterocycles. The smallest absolute Gasteiger partial charge is 0.330 e. The van der Waals surface area contributed by atoms with Gasteiger partial charge in [-0.3, -0.25) is 0 Å². The number of rotatable bonds is 23. The summed E-state index contributed by atoms with van der Waals surface area (Å²) in [4.78, 5) is 80.5. The average molecular weight is 665 g/mol. The second-order valence-electron chi connectivity index (χ2n) is 9.45. The van der Waals surface area contributed by atoms with Crippen LogP contribution in [0, 0.1) is 10.8 Å². The van der Waals surface area contributed by atoms with E-state index in [0.717, 1.165) is 36.5 Å². The third kappa shape index (κ3) is 20.2. The van der Waals surface area contributed by atoms with E-state index in [1.54, 1.807) is 0 Å². The fourth-order valence-corrected chi connectivity index (χ4v) is 2.68. The molecule has 258 valence electrons. The van der Waals surface area contributed by atoms with Crippen LogP contribution in [0.3, 0.4) is 0 Å². The van der Waals surface area contributed by atoms with Crippen molar-refractivity contribution in [1.29, 1.82) is 0 Å². The summed E-state index contributed by atoms with van der Waals surface area (Å²) in [5.41, 5.74) is -2.81. The Labute approximate surface area is 272 Å². The molecule has 0 saturated carbocycles. The molecule has 0 aromatic carbocycles. The summed E-state index contributed by atoms with van der Waals surface area (Å²) in [5, 5.41) is 7.89. The van der Waals surface area contributed by atoms with Crippen LogP contribution in [0.15, 0.2) is 88.1 Å². The summed E-state index contributed by atoms with van der Waals surface area (Å²) in [6.45, 7) is 20.7. The number of carbonyl (C=O) groups is 7. The zero-order valence-electron chi connectivity index (χ0n) is 26.2. The Hall–Kier alpha value is -5.57. The van der Waals surface area contributed by atoms with Crippen LogP contribution in [-0.2, 0) is 66.7 Å². The maximum absolute atomic E-state index is 11.8. The summed E-state index contributed by atoms with van der Waals surface area (Å²) in [7, 11) is 0. The molecule has 15 nitrogen and oxygen atoms in total. The molecule has 0 spiro atoms. The Kier molecular flexibility index (Phi) is 22.0. The molecule has 0 fully saturated rings. The predicted molar refractivity (Wildman–Crippen MR) is 165 cm³/mol. The second-order valence-corrected chi connectivity index (χ2v) is 9.45. The Morgan fingerprint density at radius 2 is 0.638 bits per heavy atom. The van der Waals surface area contributed by atoms with E-state index in [9.17, 15) is 33.6 Å². The van der Waals surface area contributed by atoms with Gasteiger partial charge in [0.05, 0.1) is 24.0 Å². The van der Waals surface area contributed by atoms with Crippen LogP contribution in [0.1, 0.15) is 6.92 Å². The number of ether oxygens (including phenoxy) is 7. The highest BCUT2D eigenvalue weighted by atomic mass is 16.6. The summed E-state index contributed by atoms with van der Waals surface area (Å²) >= 11 is 0. The molecule has 0 atom stereocenters. The van der Waals surface area contributed by atoms with E-state index in [0.29, 0.717) is 0 Å². The van der Waals surface area contributed by atoms with Gasteiger partial charge >= 0.3 is 41.8 Å². The highest BCUT2D eigenvalue weighted by molar-refractivity contribution is 5.85. The van der Waals surface area contributed by atoms with Gasteiger partial charge in [-0.15, -0.1) is 0 Å².